The fraction of sp³-hybridized carbons (Fsp3) is 0.364. The van der Waals surface area contributed by atoms with E-state index in [1.54, 1.807) is 15.4 Å². The SMILES string of the molecule is Cc1ccc2nc(C[NH+]3CC[NH+](CCOc4ccc(Cl)cc4)CC3)cc(=O)n2c1. The Hall–Kier alpha value is -2.41. The lowest BCUT2D eigenvalue weighted by Gasteiger charge is -2.29. The minimum atomic E-state index is -0.00305. The zero-order chi connectivity index (χ0) is 20.2. The largest absolute Gasteiger partial charge is 0.488 e. The van der Waals surface area contributed by atoms with E-state index < -0.39 is 0 Å². The molecule has 2 N–H and O–H groups in total. The molecule has 0 amide bonds. The lowest BCUT2D eigenvalue weighted by atomic mass is 10.2. The summed E-state index contributed by atoms with van der Waals surface area (Å²) in [5, 5.41) is 0.723. The highest BCUT2D eigenvalue weighted by Crippen LogP contribution is 2.14. The van der Waals surface area contributed by atoms with E-state index in [4.69, 9.17) is 16.3 Å². The fourth-order valence-electron chi connectivity index (χ4n) is 3.83. The maximum absolute atomic E-state index is 12.4. The van der Waals surface area contributed by atoms with Crippen LogP contribution in [0.3, 0.4) is 0 Å². The Kier molecular flexibility index (Phi) is 6.13. The van der Waals surface area contributed by atoms with Crippen LogP contribution in [-0.4, -0.2) is 48.7 Å². The Bertz CT molecular complexity index is 1030. The van der Waals surface area contributed by atoms with Gasteiger partial charge in [0.15, 0.2) is 0 Å². The number of quaternary nitrogens is 2. The zero-order valence-corrected chi connectivity index (χ0v) is 17.4. The summed E-state index contributed by atoms with van der Waals surface area (Å²) in [6.07, 6.45) is 1.84. The maximum Gasteiger partial charge on any atom is 0.258 e. The Labute approximate surface area is 175 Å². The van der Waals surface area contributed by atoms with Gasteiger partial charge in [-0.2, -0.15) is 0 Å². The number of rotatable bonds is 6. The molecule has 3 aromatic rings. The van der Waals surface area contributed by atoms with E-state index in [9.17, 15) is 4.79 Å². The summed E-state index contributed by atoms with van der Waals surface area (Å²) < 4.78 is 7.44. The second-order valence-corrected chi connectivity index (χ2v) is 8.19. The number of nitrogens with one attached hydrogen (secondary N) is 2. The predicted molar refractivity (Wildman–Crippen MR) is 113 cm³/mol. The van der Waals surface area contributed by atoms with Gasteiger partial charge in [0.2, 0.25) is 0 Å². The maximum atomic E-state index is 12.4. The molecule has 1 aliphatic rings. The molecule has 6 nitrogen and oxygen atoms in total. The Morgan fingerprint density at radius 2 is 1.79 bits per heavy atom. The van der Waals surface area contributed by atoms with Gasteiger partial charge in [0, 0.05) is 17.3 Å². The van der Waals surface area contributed by atoms with Gasteiger partial charge >= 0.3 is 0 Å². The summed E-state index contributed by atoms with van der Waals surface area (Å²) in [5.74, 6) is 0.863. The van der Waals surface area contributed by atoms with Gasteiger partial charge in [0.1, 0.15) is 63.0 Å². The van der Waals surface area contributed by atoms with E-state index in [2.05, 4.69) is 4.98 Å². The van der Waals surface area contributed by atoms with Crippen molar-refractivity contribution in [2.24, 2.45) is 0 Å². The molecule has 1 fully saturated rings. The number of hydrogen-bond donors (Lipinski definition) is 2. The first-order valence-corrected chi connectivity index (χ1v) is 10.5. The van der Waals surface area contributed by atoms with Crippen molar-refractivity contribution in [2.45, 2.75) is 13.5 Å². The van der Waals surface area contributed by atoms with Crippen molar-refractivity contribution in [3.63, 3.8) is 0 Å². The van der Waals surface area contributed by atoms with Gasteiger partial charge in [0.05, 0.1) is 0 Å². The van der Waals surface area contributed by atoms with Crippen LogP contribution in [-0.2, 0) is 6.54 Å². The van der Waals surface area contributed by atoms with E-state index in [0.717, 1.165) is 66.9 Å². The molecule has 0 radical (unpaired) electrons. The number of piperazine rings is 1. The Morgan fingerprint density at radius 1 is 1.07 bits per heavy atom. The van der Waals surface area contributed by atoms with Crippen molar-refractivity contribution < 1.29 is 14.5 Å². The number of benzene rings is 1. The van der Waals surface area contributed by atoms with Crippen LogP contribution >= 0.6 is 11.6 Å². The number of halogens is 1. The van der Waals surface area contributed by atoms with Gasteiger partial charge in [-0.1, -0.05) is 17.7 Å². The minimum Gasteiger partial charge on any atom is -0.488 e. The highest BCUT2D eigenvalue weighted by molar-refractivity contribution is 6.30. The van der Waals surface area contributed by atoms with Crippen molar-refractivity contribution in [3.05, 3.63) is 75.3 Å². The average molecular weight is 415 g/mol. The molecule has 29 heavy (non-hydrogen) atoms. The second kappa shape index (κ2) is 8.95. The van der Waals surface area contributed by atoms with Crippen molar-refractivity contribution in [3.8, 4) is 5.75 Å². The van der Waals surface area contributed by atoms with Crippen LogP contribution in [0.1, 0.15) is 11.3 Å². The molecule has 0 saturated carbocycles. The molecule has 0 bridgehead atoms. The molecule has 0 unspecified atom stereocenters. The van der Waals surface area contributed by atoms with Crippen molar-refractivity contribution >= 4 is 17.2 Å². The summed E-state index contributed by atoms with van der Waals surface area (Å²) in [6.45, 7) is 8.83. The van der Waals surface area contributed by atoms with Gasteiger partial charge in [-0.3, -0.25) is 9.20 Å². The predicted octanol–water partition coefficient (Wildman–Crippen LogP) is 0.0187. The number of hydrogen-bond acceptors (Lipinski definition) is 3. The smallest absolute Gasteiger partial charge is 0.258 e. The first-order valence-electron chi connectivity index (χ1n) is 10.1. The number of fused-ring (bicyclic) bond motifs is 1. The molecule has 152 valence electrons. The summed E-state index contributed by atoms with van der Waals surface area (Å²) in [7, 11) is 0. The van der Waals surface area contributed by atoms with Crippen LogP contribution in [0, 0.1) is 6.92 Å². The van der Waals surface area contributed by atoms with E-state index in [-0.39, 0.29) is 5.56 Å². The van der Waals surface area contributed by atoms with Crippen LogP contribution in [0.2, 0.25) is 5.02 Å². The first-order chi connectivity index (χ1) is 14.1. The highest BCUT2D eigenvalue weighted by atomic mass is 35.5. The zero-order valence-electron chi connectivity index (χ0n) is 16.7. The van der Waals surface area contributed by atoms with E-state index in [1.165, 1.54) is 4.90 Å². The van der Waals surface area contributed by atoms with Gasteiger partial charge in [-0.15, -0.1) is 0 Å². The number of pyridine rings is 1. The highest BCUT2D eigenvalue weighted by Gasteiger charge is 2.23. The van der Waals surface area contributed by atoms with Gasteiger partial charge in [-0.25, -0.2) is 4.98 Å². The Balaban J connectivity index is 1.26. The first kappa shape index (κ1) is 19.9. The van der Waals surface area contributed by atoms with Crippen LogP contribution in [0.15, 0.2) is 53.5 Å². The number of ether oxygens (including phenoxy) is 1. The third kappa shape index (κ3) is 5.15. The van der Waals surface area contributed by atoms with E-state index in [1.807, 2.05) is 49.5 Å². The normalized spacial score (nSPS) is 19.4. The number of aryl methyl sites for hydroxylation is 1. The number of aromatic nitrogens is 2. The monoisotopic (exact) mass is 414 g/mol. The van der Waals surface area contributed by atoms with Crippen molar-refractivity contribution in [1.29, 1.82) is 0 Å². The third-order valence-electron chi connectivity index (χ3n) is 5.49. The quantitative estimate of drug-likeness (QED) is 0.598. The van der Waals surface area contributed by atoms with Crippen LogP contribution in [0.5, 0.6) is 5.75 Å². The van der Waals surface area contributed by atoms with E-state index in [0.29, 0.717) is 6.61 Å². The molecule has 1 saturated heterocycles. The lowest BCUT2D eigenvalue weighted by Crippen LogP contribution is -3.27. The molecular formula is C22H27ClN4O2+2. The van der Waals surface area contributed by atoms with Gasteiger partial charge in [-0.05, 0) is 42.8 Å². The van der Waals surface area contributed by atoms with Crippen molar-refractivity contribution in [1.82, 2.24) is 9.38 Å². The summed E-state index contributed by atoms with van der Waals surface area (Å²) in [5.41, 5.74) is 2.65. The van der Waals surface area contributed by atoms with Crippen molar-refractivity contribution in [2.75, 3.05) is 39.3 Å². The van der Waals surface area contributed by atoms with Gasteiger partial charge in [0.25, 0.3) is 5.56 Å². The minimum absolute atomic E-state index is 0.00305. The van der Waals surface area contributed by atoms with Gasteiger partial charge < -0.3 is 14.5 Å². The molecule has 3 heterocycles. The number of nitrogens with zero attached hydrogens (tertiary/aromatic N) is 2. The molecule has 2 aromatic heterocycles. The average Bonchev–Trinajstić information content (AvgIpc) is 2.71. The fourth-order valence-corrected chi connectivity index (χ4v) is 3.96. The Morgan fingerprint density at radius 3 is 2.55 bits per heavy atom. The standard InChI is InChI=1S/C22H25ClN4O2/c1-17-2-7-21-24-19(14-22(28)27(21)15-17)16-26-10-8-25(9-11-26)12-13-29-20-5-3-18(23)4-6-20/h2-7,14-15H,8-13,16H2,1H3/p+2. The molecule has 7 heteroatoms. The summed E-state index contributed by atoms with van der Waals surface area (Å²) >= 11 is 5.90. The molecule has 0 aliphatic carbocycles. The van der Waals surface area contributed by atoms with E-state index >= 15 is 0 Å². The summed E-state index contributed by atoms with van der Waals surface area (Å²) in [6, 6.07) is 13.1. The van der Waals surface area contributed by atoms with Crippen LogP contribution in [0.25, 0.3) is 5.65 Å². The second-order valence-electron chi connectivity index (χ2n) is 7.75. The molecular weight excluding hydrogens is 388 g/mol. The molecule has 1 aliphatic heterocycles. The lowest BCUT2D eigenvalue weighted by molar-refractivity contribution is -1.02. The molecule has 4 rings (SSSR count). The molecule has 0 spiro atoms. The van der Waals surface area contributed by atoms with Crippen LogP contribution < -0.4 is 20.1 Å². The molecule has 1 aromatic carbocycles. The van der Waals surface area contributed by atoms with Crippen LogP contribution in [0.4, 0.5) is 0 Å². The molecule has 0 atom stereocenters. The third-order valence-corrected chi connectivity index (χ3v) is 5.75. The summed E-state index contributed by atoms with van der Waals surface area (Å²) in [4.78, 5) is 20.1. The topological polar surface area (TPSA) is 52.5 Å².